The molecule has 0 heterocycles. The van der Waals surface area contributed by atoms with E-state index in [-0.39, 0.29) is 5.91 Å². The van der Waals surface area contributed by atoms with Gasteiger partial charge in [-0.15, -0.1) is 0 Å². The first-order valence-electron chi connectivity index (χ1n) is 4.27. The van der Waals surface area contributed by atoms with E-state index in [4.69, 9.17) is 0 Å². The van der Waals surface area contributed by atoms with Crippen LogP contribution in [0.4, 0.5) is 0 Å². The van der Waals surface area contributed by atoms with Gasteiger partial charge in [-0.25, -0.2) is 9.52 Å². The van der Waals surface area contributed by atoms with E-state index in [9.17, 15) is 4.79 Å². The molecule has 2 N–H and O–H groups in total. The number of thiol groups is 1. The van der Waals surface area contributed by atoms with Crippen molar-refractivity contribution in [1.29, 1.82) is 0 Å². The number of benzene rings is 1. The van der Waals surface area contributed by atoms with Gasteiger partial charge in [-0.2, -0.15) is 0 Å². The first-order valence-corrected chi connectivity index (χ1v) is 4.79. The van der Waals surface area contributed by atoms with Crippen LogP contribution in [0, 0.1) is 0 Å². The second-order valence-electron chi connectivity index (χ2n) is 3.24. The van der Waals surface area contributed by atoms with E-state index in [1.165, 1.54) is 4.72 Å². The van der Waals surface area contributed by atoms with Crippen molar-refractivity contribution in [1.82, 2.24) is 0 Å². The van der Waals surface area contributed by atoms with Crippen molar-refractivity contribution in [2.45, 2.75) is 19.8 Å². The highest BCUT2D eigenvalue weighted by molar-refractivity contribution is 7.73. The second kappa shape index (κ2) is 4.44. The number of rotatable bonds is 2. The van der Waals surface area contributed by atoms with E-state index in [1.54, 1.807) is 0 Å². The van der Waals surface area contributed by atoms with Gasteiger partial charge in [-0.3, -0.25) is 0 Å². The van der Waals surface area contributed by atoms with Crippen LogP contribution in [0.3, 0.4) is 0 Å². The molecule has 1 aromatic rings. The Balaban J connectivity index is 3.12. The zero-order chi connectivity index (χ0) is 9.84. The molecule has 3 heteroatoms. The number of hydrogen-bond donors (Lipinski definition) is 2. The SMILES string of the molecule is CC(C)c1ccccc1C(=O)[NH2+]S. The molecular weight excluding hydrogens is 182 g/mol. The summed E-state index contributed by atoms with van der Waals surface area (Å²) in [4.78, 5) is 11.4. The summed E-state index contributed by atoms with van der Waals surface area (Å²) in [5.41, 5.74) is 1.84. The van der Waals surface area contributed by atoms with Crippen molar-refractivity contribution in [3.05, 3.63) is 35.4 Å². The molecule has 0 saturated carbocycles. The maximum absolute atomic E-state index is 11.4. The molecule has 70 valence electrons. The molecule has 0 spiro atoms. The van der Waals surface area contributed by atoms with E-state index >= 15 is 0 Å². The zero-order valence-electron chi connectivity index (χ0n) is 7.82. The third-order valence-electron chi connectivity index (χ3n) is 1.97. The Kier molecular flexibility index (Phi) is 3.51. The van der Waals surface area contributed by atoms with Gasteiger partial charge in [0, 0.05) is 0 Å². The summed E-state index contributed by atoms with van der Waals surface area (Å²) in [6, 6.07) is 7.64. The lowest BCUT2D eigenvalue weighted by Gasteiger charge is -2.08. The highest BCUT2D eigenvalue weighted by Gasteiger charge is 2.14. The van der Waals surface area contributed by atoms with E-state index in [0.29, 0.717) is 5.92 Å². The Morgan fingerprint density at radius 2 is 2.00 bits per heavy atom. The van der Waals surface area contributed by atoms with Gasteiger partial charge in [0.15, 0.2) is 0 Å². The van der Waals surface area contributed by atoms with Gasteiger partial charge in [0.1, 0.15) is 0 Å². The molecule has 13 heavy (non-hydrogen) atoms. The van der Waals surface area contributed by atoms with Crippen LogP contribution < -0.4 is 4.72 Å². The molecule has 1 aromatic carbocycles. The minimum Gasteiger partial charge on any atom is -0.225 e. The number of hydrogen-bond acceptors (Lipinski definition) is 2. The molecule has 0 aromatic heterocycles. The highest BCUT2D eigenvalue weighted by Crippen LogP contribution is 2.18. The average molecular weight is 196 g/mol. The van der Waals surface area contributed by atoms with E-state index < -0.39 is 0 Å². The van der Waals surface area contributed by atoms with Crippen molar-refractivity contribution in [3.8, 4) is 0 Å². The van der Waals surface area contributed by atoms with Gasteiger partial charge in [-0.1, -0.05) is 32.0 Å². The third kappa shape index (κ3) is 2.32. The fraction of sp³-hybridized carbons (Fsp3) is 0.300. The molecule has 0 atom stereocenters. The number of carbonyl (C=O) groups is 1. The fourth-order valence-electron chi connectivity index (χ4n) is 1.29. The second-order valence-corrected chi connectivity index (χ2v) is 3.49. The van der Waals surface area contributed by atoms with Gasteiger partial charge in [0.2, 0.25) is 0 Å². The van der Waals surface area contributed by atoms with Crippen molar-refractivity contribution in [2.75, 3.05) is 0 Å². The monoisotopic (exact) mass is 196 g/mol. The van der Waals surface area contributed by atoms with Crippen LogP contribution in [0.1, 0.15) is 35.7 Å². The minimum atomic E-state index is -0.0207. The summed E-state index contributed by atoms with van der Waals surface area (Å²) >= 11 is 3.87. The molecular formula is C10H14NOS+. The largest absolute Gasteiger partial charge is 0.354 e. The van der Waals surface area contributed by atoms with Crippen molar-refractivity contribution >= 4 is 18.7 Å². The van der Waals surface area contributed by atoms with Crippen LogP contribution in [0.5, 0.6) is 0 Å². The van der Waals surface area contributed by atoms with Gasteiger partial charge in [0.05, 0.1) is 18.4 Å². The predicted molar refractivity (Wildman–Crippen MR) is 55.8 cm³/mol. The lowest BCUT2D eigenvalue weighted by atomic mass is 9.97. The lowest BCUT2D eigenvalue weighted by molar-refractivity contribution is -0.362. The molecule has 0 saturated heterocycles. The summed E-state index contributed by atoms with van der Waals surface area (Å²) in [7, 11) is 0. The first-order chi connectivity index (χ1) is 6.16. The molecule has 0 fully saturated rings. The Morgan fingerprint density at radius 1 is 1.38 bits per heavy atom. The van der Waals surface area contributed by atoms with Crippen LogP contribution in [-0.4, -0.2) is 5.91 Å². The number of nitrogens with two attached hydrogens (primary N) is 1. The van der Waals surface area contributed by atoms with E-state index in [1.807, 2.05) is 24.3 Å². The molecule has 0 bridgehead atoms. The standard InChI is InChI=1S/C10H13NOS/c1-7(2)8-5-3-4-6-9(8)10(12)11-13/h3-7,13H,1-2H3,(H,11,12)/p+1. The molecule has 0 aliphatic rings. The van der Waals surface area contributed by atoms with Crippen LogP contribution in [0.15, 0.2) is 24.3 Å². The number of carbonyl (C=O) groups excluding carboxylic acids is 1. The maximum atomic E-state index is 11.4. The molecule has 1 amide bonds. The summed E-state index contributed by atoms with van der Waals surface area (Å²) in [6.45, 7) is 4.15. The van der Waals surface area contributed by atoms with Crippen LogP contribution in [-0.2, 0) is 0 Å². The molecule has 1 rings (SSSR count). The Bertz CT molecular complexity index is 310. The maximum Gasteiger partial charge on any atom is 0.354 e. The Labute approximate surface area is 83.9 Å². The number of quaternary nitrogens is 1. The fourth-order valence-corrected chi connectivity index (χ4v) is 1.43. The number of primary amides is 1. The molecule has 0 aliphatic carbocycles. The van der Waals surface area contributed by atoms with Gasteiger partial charge >= 0.3 is 5.91 Å². The van der Waals surface area contributed by atoms with Crippen molar-refractivity contribution in [3.63, 3.8) is 0 Å². The average Bonchev–Trinajstić information content (AvgIpc) is 2.16. The normalized spacial score (nSPS) is 10.5. The van der Waals surface area contributed by atoms with Crippen LogP contribution in [0.25, 0.3) is 0 Å². The molecule has 2 nitrogen and oxygen atoms in total. The highest BCUT2D eigenvalue weighted by atomic mass is 32.1. The summed E-state index contributed by atoms with van der Waals surface area (Å²) < 4.78 is 1.31. The first kappa shape index (κ1) is 10.3. The zero-order valence-corrected chi connectivity index (χ0v) is 8.71. The number of amides is 1. The molecule has 0 aliphatic heterocycles. The molecule has 0 radical (unpaired) electrons. The summed E-state index contributed by atoms with van der Waals surface area (Å²) in [6.07, 6.45) is 0. The minimum absolute atomic E-state index is 0.0207. The topological polar surface area (TPSA) is 33.7 Å². The van der Waals surface area contributed by atoms with E-state index in [0.717, 1.165) is 11.1 Å². The summed E-state index contributed by atoms with van der Waals surface area (Å²) in [5, 5.41) is 0. The van der Waals surface area contributed by atoms with Gasteiger partial charge < -0.3 is 0 Å². The Hall–Kier alpha value is -0.800. The van der Waals surface area contributed by atoms with Crippen LogP contribution >= 0.6 is 12.8 Å². The predicted octanol–water partition coefficient (Wildman–Crippen LogP) is 1.36. The van der Waals surface area contributed by atoms with Crippen LogP contribution in [0.2, 0.25) is 0 Å². The Morgan fingerprint density at radius 3 is 2.54 bits per heavy atom. The quantitative estimate of drug-likeness (QED) is 0.688. The summed E-state index contributed by atoms with van der Waals surface area (Å²) in [5.74, 6) is 0.348. The van der Waals surface area contributed by atoms with Gasteiger partial charge in [0.25, 0.3) is 0 Å². The van der Waals surface area contributed by atoms with Crippen molar-refractivity contribution in [2.24, 2.45) is 0 Å². The smallest absolute Gasteiger partial charge is 0.225 e. The lowest BCUT2D eigenvalue weighted by Crippen LogP contribution is -2.77. The third-order valence-corrected chi connectivity index (χ3v) is 2.20. The van der Waals surface area contributed by atoms with E-state index in [2.05, 4.69) is 26.7 Å². The van der Waals surface area contributed by atoms with Crippen molar-refractivity contribution < 1.29 is 9.52 Å². The molecule has 0 unspecified atom stereocenters. The van der Waals surface area contributed by atoms with Gasteiger partial charge in [-0.05, 0) is 17.5 Å².